The molecule has 0 aliphatic rings. The summed E-state index contributed by atoms with van der Waals surface area (Å²) in [6, 6.07) is 20.8. The maximum atomic E-state index is 4.69. The molecule has 0 saturated heterocycles. The monoisotopic (exact) mass is 332 g/mol. The van der Waals surface area contributed by atoms with Crippen molar-refractivity contribution < 1.29 is 0 Å². The lowest BCUT2D eigenvalue weighted by Crippen LogP contribution is -2.23. The van der Waals surface area contributed by atoms with Crippen molar-refractivity contribution in [1.82, 2.24) is 9.97 Å². The Morgan fingerprint density at radius 3 is 2.48 bits per heavy atom. The predicted octanol–water partition coefficient (Wildman–Crippen LogP) is 4.42. The van der Waals surface area contributed by atoms with Gasteiger partial charge in [0.15, 0.2) is 0 Å². The fourth-order valence-electron chi connectivity index (χ4n) is 2.75. The molecule has 4 nitrogen and oxygen atoms in total. The molecule has 0 atom stereocenters. The zero-order valence-corrected chi connectivity index (χ0v) is 14.8. The molecule has 0 unspecified atom stereocenters. The molecule has 0 aliphatic carbocycles. The number of benzene rings is 2. The summed E-state index contributed by atoms with van der Waals surface area (Å²) in [5.74, 6) is 1.60. The molecule has 1 N–H and O–H groups in total. The Morgan fingerprint density at radius 2 is 1.72 bits per heavy atom. The second-order valence-corrected chi connectivity index (χ2v) is 6.02. The van der Waals surface area contributed by atoms with Crippen LogP contribution < -0.4 is 10.2 Å². The summed E-state index contributed by atoms with van der Waals surface area (Å²) < 4.78 is 0. The Labute approximate surface area is 149 Å². The molecule has 2 aromatic carbocycles. The van der Waals surface area contributed by atoms with E-state index in [0.717, 1.165) is 25.5 Å². The van der Waals surface area contributed by atoms with Crippen LogP contribution in [0.25, 0.3) is 0 Å². The van der Waals surface area contributed by atoms with Crippen LogP contribution in [-0.4, -0.2) is 16.5 Å². The minimum Gasteiger partial charge on any atom is -0.352 e. The first kappa shape index (κ1) is 17.0. The highest BCUT2D eigenvalue weighted by Gasteiger charge is 2.08. The van der Waals surface area contributed by atoms with Crippen molar-refractivity contribution in [3.63, 3.8) is 0 Å². The molecule has 0 bridgehead atoms. The molecule has 3 aromatic rings. The third-order valence-corrected chi connectivity index (χ3v) is 4.26. The van der Waals surface area contributed by atoms with E-state index in [2.05, 4.69) is 82.6 Å². The number of hydrogen-bond donors (Lipinski definition) is 1. The Balaban J connectivity index is 1.70. The van der Waals surface area contributed by atoms with Crippen molar-refractivity contribution in [2.75, 3.05) is 16.8 Å². The number of nitrogens with zero attached hydrogens (tertiary/aromatic N) is 3. The van der Waals surface area contributed by atoms with Crippen LogP contribution in [0.4, 0.5) is 11.8 Å². The van der Waals surface area contributed by atoms with E-state index < -0.39 is 0 Å². The Bertz CT molecular complexity index is 802. The van der Waals surface area contributed by atoms with Gasteiger partial charge in [-0.05, 0) is 36.6 Å². The Hall–Kier alpha value is -2.88. The third kappa shape index (κ3) is 4.57. The van der Waals surface area contributed by atoms with E-state index in [9.17, 15) is 0 Å². The quantitative estimate of drug-likeness (QED) is 0.695. The molecule has 3 rings (SSSR count). The fourth-order valence-corrected chi connectivity index (χ4v) is 2.75. The fraction of sp³-hybridized carbons (Fsp3) is 0.238. The molecule has 128 valence electrons. The van der Waals surface area contributed by atoms with Gasteiger partial charge in [-0.3, -0.25) is 0 Å². The molecule has 0 saturated carbocycles. The van der Waals surface area contributed by atoms with Crippen LogP contribution >= 0.6 is 0 Å². The highest BCUT2D eigenvalue weighted by molar-refractivity contribution is 5.43. The first-order valence-electron chi connectivity index (χ1n) is 8.66. The van der Waals surface area contributed by atoms with Gasteiger partial charge in [-0.15, -0.1) is 0 Å². The zero-order valence-electron chi connectivity index (χ0n) is 14.8. The van der Waals surface area contributed by atoms with E-state index in [1.54, 1.807) is 0 Å². The van der Waals surface area contributed by atoms with Gasteiger partial charge in [0, 0.05) is 25.8 Å². The zero-order chi connectivity index (χ0) is 17.5. The van der Waals surface area contributed by atoms with Crippen molar-refractivity contribution >= 4 is 11.8 Å². The minimum atomic E-state index is 0.660. The number of anilines is 2. The summed E-state index contributed by atoms with van der Waals surface area (Å²) in [6.45, 7) is 6.72. The largest absolute Gasteiger partial charge is 0.352 e. The van der Waals surface area contributed by atoms with E-state index in [1.807, 2.05) is 18.3 Å². The summed E-state index contributed by atoms with van der Waals surface area (Å²) in [5, 5.41) is 3.34. The minimum absolute atomic E-state index is 0.660. The molecule has 1 heterocycles. The normalized spacial score (nSPS) is 10.5. The first-order chi connectivity index (χ1) is 12.3. The lowest BCUT2D eigenvalue weighted by molar-refractivity contribution is 0.810. The summed E-state index contributed by atoms with van der Waals surface area (Å²) in [6.07, 6.45) is 1.82. The SMILES string of the molecule is CCN(Cc1ccccc1)c1ccnc(NCc2ccccc2C)n1. The van der Waals surface area contributed by atoms with Gasteiger partial charge in [-0.2, -0.15) is 4.98 Å². The lowest BCUT2D eigenvalue weighted by Gasteiger charge is -2.22. The molecular formula is C21H24N4. The highest BCUT2D eigenvalue weighted by Crippen LogP contribution is 2.16. The number of nitrogens with one attached hydrogen (secondary N) is 1. The van der Waals surface area contributed by atoms with Crippen LogP contribution in [0.5, 0.6) is 0 Å². The van der Waals surface area contributed by atoms with Crippen LogP contribution in [0.15, 0.2) is 66.9 Å². The number of aromatic nitrogens is 2. The average Bonchev–Trinajstić information content (AvgIpc) is 2.66. The smallest absolute Gasteiger partial charge is 0.224 e. The maximum Gasteiger partial charge on any atom is 0.224 e. The molecule has 0 spiro atoms. The van der Waals surface area contributed by atoms with Crippen LogP contribution in [0.1, 0.15) is 23.6 Å². The summed E-state index contributed by atoms with van der Waals surface area (Å²) >= 11 is 0. The van der Waals surface area contributed by atoms with E-state index in [1.165, 1.54) is 16.7 Å². The lowest BCUT2D eigenvalue weighted by atomic mass is 10.1. The van der Waals surface area contributed by atoms with Gasteiger partial charge in [-0.1, -0.05) is 54.6 Å². The second kappa shape index (κ2) is 8.29. The van der Waals surface area contributed by atoms with Crippen molar-refractivity contribution in [1.29, 1.82) is 0 Å². The van der Waals surface area contributed by atoms with Gasteiger partial charge >= 0.3 is 0 Å². The Morgan fingerprint density at radius 1 is 0.960 bits per heavy atom. The predicted molar refractivity (Wildman–Crippen MR) is 104 cm³/mol. The van der Waals surface area contributed by atoms with Gasteiger partial charge in [0.25, 0.3) is 0 Å². The summed E-state index contributed by atoms with van der Waals surface area (Å²) in [4.78, 5) is 11.3. The molecule has 0 fully saturated rings. The molecular weight excluding hydrogens is 308 g/mol. The maximum absolute atomic E-state index is 4.69. The molecule has 0 aliphatic heterocycles. The van der Waals surface area contributed by atoms with Gasteiger partial charge in [0.2, 0.25) is 5.95 Å². The van der Waals surface area contributed by atoms with Crippen LogP contribution in [-0.2, 0) is 13.1 Å². The average molecular weight is 332 g/mol. The molecule has 4 heteroatoms. The number of aryl methyl sites for hydroxylation is 1. The van der Waals surface area contributed by atoms with E-state index in [4.69, 9.17) is 0 Å². The van der Waals surface area contributed by atoms with Crippen molar-refractivity contribution in [2.45, 2.75) is 26.9 Å². The van der Waals surface area contributed by atoms with Gasteiger partial charge < -0.3 is 10.2 Å². The first-order valence-corrected chi connectivity index (χ1v) is 8.66. The highest BCUT2D eigenvalue weighted by atomic mass is 15.2. The second-order valence-electron chi connectivity index (χ2n) is 6.02. The van der Waals surface area contributed by atoms with Gasteiger partial charge in [-0.25, -0.2) is 4.98 Å². The molecule has 0 radical (unpaired) electrons. The standard InChI is InChI=1S/C21H24N4/c1-3-25(16-18-10-5-4-6-11-18)20-13-14-22-21(24-20)23-15-19-12-8-7-9-17(19)2/h4-14H,3,15-16H2,1-2H3,(H,22,23,24). The van der Waals surface area contributed by atoms with E-state index in [0.29, 0.717) is 5.95 Å². The van der Waals surface area contributed by atoms with E-state index in [-0.39, 0.29) is 0 Å². The van der Waals surface area contributed by atoms with E-state index >= 15 is 0 Å². The summed E-state index contributed by atoms with van der Waals surface area (Å²) in [7, 11) is 0. The molecule has 1 aromatic heterocycles. The van der Waals surface area contributed by atoms with Crippen molar-refractivity contribution in [3.05, 3.63) is 83.6 Å². The summed E-state index contributed by atoms with van der Waals surface area (Å²) in [5.41, 5.74) is 3.80. The molecule has 0 amide bonds. The Kier molecular flexibility index (Phi) is 5.62. The van der Waals surface area contributed by atoms with Gasteiger partial charge in [0.05, 0.1) is 0 Å². The topological polar surface area (TPSA) is 41.1 Å². The van der Waals surface area contributed by atoms with Crippen molar-refractivity contribution in [3.8, 4) is 0 Å². The number of hydrogen-bond acceptors (Lipinski definition) is 4. The van der Waals surface area contributed by atoms with Crippen LogP contribution in [0, 0.1) is 6.92 Å². The van der Waals surface area contributed by atoms with Gasteiger partial charge in [0.1, 0.15) is 5.82 Å². The number of rotatable bonds is 7. The third-order valence-electron chi connectivity index (χ3n) is 4.26. The van der Waals surface area contributed by atoms with Crippen LogP contribution in [0.3, 0.4) is 0 Å². The van der Waals surface area contributed by atoms with Crippen molar-refractivity contribution in [2.24, 2.45) is 0 Å². The molecule has 25 heavy (non-hydrogen) atoms. The van der Waals surface area contributed by atoms with Crippen LogP contribution in [0.2, 0.25) is 0 Å².